The topological polar surface area (TPSA) is 72.3 Å². The summed E-state index contributed by atoms with van der Waals surface area (Å²) in [5.41, 5.74) is 2.84. The summed E-state index contributed by atoms with van der Waals surface area (Å²) in [5.74, 6) is 0.536. The van der Waals surface area contributed by atoms with Gasteiger partial charge in [-0.15, -0.1) is 23.7 Å². The van der Waals surface area contributed by atoms with Gasteiger partial charge >= 0.3 is 6.09 Å². The van der Waals surface area contributed by atoms with E-state index in [1.54, 1.807) is 16.4 Å². The molecule has 25 heavy (non-hydrogen) atoms. The van der Waals surface area contributed by atoms with Gasteiger partial charge in [0.15, 0.2) is 5.82 Å². The van der Waals surface area contributed by atoms with Crippen LogP contribution in [0, 0.1) is 5.41 Å². The number of aryl methyl sites for hydroxylation is 1. The number of aromatic nitrogens is 3. The molecule has 2 bridgehead atoms. The van der Waals surface area contributed by atoms with E-state index in [1.165, 1.54) is 11.3 Å². The monoisotopic (exact) mass is 383 g/mol. The van der Waals surface area contributed by atoms with Crippen LogP contribution < -0.4 is 5.32 Å². The molecule has 9 heteroatoms. The zero-order chi connectivity index (χ0) is 16.6. The van der Waals surface area contributed by atoms with E-state index in [1.807, 2.05) is 13.2 Å². The van der Waals surface area contributed by atoms with Crippen LogP contribution >= 0.6 is 23.7 Å². The third kappa shape index (κ3) is 3.80. The fourth-order valence-corrected chi connectivity index (χ4v) is 4.26. The van der Waals surface area contributed by atoms with E-state index < -0.39 is 6.09 Å². The maximum atomic E-state index is 12.2. The van der Waals surface area contributed by atoms with Crippen molar-refractivity contribution < 1.29 is 9.53 Å². The van der Waals surface area contributed by atoms with Crippen LogP contribution in [0.25, 0.3) is 10.4 Å². The van der Waals surface area contributed by atoms with Crippen LogP contribution in [0.15, 0.2) is 17.9 Å². The van der Waals surface area contributed by atoms with E-state index in [2.05, 4.69) is 20.3 Å². The Hall–Kier alpha value is -1.64. The number of nitrogens with one attached hydrogen (secondary N) is 1. The van der Waals surface area contributed by atoms with Gasteiger partial charge in [0.1, 0.15) is 0 Å². The summed E-state index contributed by atoms with van der Waals surface area (Å²) in [6, 6.07) is 0. The van der Waals surface area contributed by atoms with Gasteiger partial charge in [0.05, 0.1) is 23.2 Å². The molecule has 5 rings (SSSR count). The highest BCUT2D eigenvalue weighted by Gasteiger charge is 2.40. The van der Waals surface area contributed by atoms with Crippen LogP contribution in [-0.4, -0.2) is 52.0 Å². The molecule has 0 atom stereocenters. The first-order valence-corrected chi connectivity index (χ1v) is 9.10. The Balaban J connectivity index is 0.00000182. The van der Waals surface area contributed by atoms with E-state index in [9.17, 15) is 4.79 Å². The minimum atomic E-state index is -0.423. The predicted octanol–water partition coefficient (Wildman–Crippen LogP) is 3.00. The summed E-state index contributed by atoms with van der Waals surface area (Å²) in [5, 5.41) is 6.95. The third-order valence-corrected chi connectivity index (χ3v) is 6.02. The van der Waals surface area contributed by atoms with Gasteiger partial charge < -0.3 is 9.64 Å². The Kier molecular flexibility index (Phi) is 5.31. The lowest BCUT2D eigenvalue weighted by Crippen LogP contribution is -2.50. The first-order valence-electron chi connectivity index (χ1n) is 8.22. The van der Waals surface area contributed by atoms with Crippen molar-refractivity contribution in [3.05, 3.63) is 17.9 Å². The van der Waals surface area contributed by atoms with Crippen molar-refractivity contribution in [3.63, 3.8) is 0 Å². The molecule has 3 aliphatic heterocycles. The second-order valence-corrected chi connectivity index (χ2v) is 7.58. The lowest BCUT2D eigenvalue weighted by Gasteiger charge is -2.47. The van der Waals surface area contributed by atoms with Gasteiger partial charge in [-0.2, -0.15) is 5.10 Å². The fraction of sp³-hybridized carbons (Fsp3) is 0.562. The minimum Gasteiger partial charge on any atom is -0.449 e. The van der Waals surface area contributed by atoms with Crippen molar-refractivity contribution in [2.24, 2.45) is 12.5 Å². The zero-order valence-corrected chi connectivity index (χ0v) is 15.7. The quantitative estimate of drug-likeness (QED) is 0.878. The van der Waals surface area contributed by atoms with Crippen molar-refractivity contribution in [1.82, 2.24) is 19.7 Å². The highest BCUT2D eigenvalue weighted by atomic mass is 35.5. The summed E-state index contributed by atoms with van der Waals surface area (Å²) in [6.45, 7) is 3.88. The van der Waals surface area contributed by atoms with Gasteiger partial charge in [0, 0.05) is 24.2 Å². The Morgan fingerprint density at radius 3 is 2.72 bits per heavy atom. The van der Waals surface area contributed by atoms with Crippen molar-refractivity contribution in [1.29, 1.82) is 0 Å². The summed E-state index contributed by atoms with van der Waals surface area (Å²) in [7, 11) is 1.86. The lowest BCUT2D eigenvalue weighted by molar-refractivity contribution is -0.0190. The normalized spacial score (nSPS) is 24.6. The van der Waals surface area contributed by atoms with E-state index >= 15 is 0 Å². The molecule has 1 amide bonds. The second-order valence-electron chi connectivity index (χ2n) is 6.73. The Bertz CT molecular complexity index is 725. The summed E-state index contributed by atoms with van der Waals surface area (Å²) in [6.07, 6.45) is 6.61. The van der Waals surface area contributed by atoms with Crippen LogP contribution in [-0.2, 0) is 11.8 Å². The zero-order valence-electron chi connectivity index (χ0n) is 14.1. The molecule has 0 spiro atoms. The number of amides is 1. The highest BCUT2D eigenvalue weighted by Crippen LogP contribution is 2.40. The van der Waals surface area contributed by atoms with Crippen LogP contribution in [0.3, 0.4) is 0 Å². The number of rotatable bonds is 4. The van der Waals surface area contributed by atoms with Gasteiger partial charge in [-0.05, 0) is 38.9 Å². The van der Waals surface area contributed by atoms with Gasteiger partial charge in [0.2, 0.25) is 0 Å². The van der Waals surface area contributed by atoms with Crippen LogP contribution in [0.1, 0.15) is 19.3 Å². The Labute approximate surface area is 156 Å². The first-order chi connectivity index (χ1) is 11.6. The average Bonchev–Trinajstić information content (AvgIpc) is 3.23. The smallest absolute Gasteiger partial charge is 0.412 e. The Morgan fingerprint density at radius 2 is 2.08 bits per heavy atom. The number of hydrogen-bond donors (Lipinski definition) is 1. The molecule has 0 radical (unpaired) electrons. The molecule has 2 aromatic heterocycles. The minimum absolute atomic E-state index is 0. The SMILES string of the molecule is Cl.Cn1cc(-c2scnc2NC(=O)OCC23CCN(CC2)CC3)cn1. The highest BCUT2D eigenvalue weighted by molar-refractivity contribution is 7.13. The third-order valence-electron chi connectivity index (χ3n) is 5.14. The van der Waals surface area contributed by atoms with Gasteiger partial charge in [-0.1, -0.05) is 0 Å². The average molecular weight is 384 g/mol. The molecule has 0 saturated carbocycles. The molecule has 1 N–H and O–H groups in total. The molecule has 0 unspecified atom stereocenters. The molecule has 5 heterocycles. The Morgan fingerprint density at radius 1 is 1.36 bits per heavy atom. The van der Waals surface area contributed by atoms with Gasteiger partial charge in [0.25, 0.3) is 0 Å². The number of carbonyl (C=O) groups is 1. The number of thiazole rings is 1. The number of piperidine rings is 3. The predicted molar refractivity (Wildman–Crippen MR) is 99.3 cm³/mol. The first kappa shape index (κ1) is 18.2. The summed E-state index contributed by atoms with van der Waals surface area (Å²) < 4.78 is 7.27. The van der Waals surface area contributed by atoms with Crippen molar-refractivity contribution in [2.75, 3.05) is 31.6 Å². The molecule has 2 aromatic rings. The van der Waals surface area contributed by atoms with Crippen LogP contribution in [0.4, 0.5) is 10.6 Å². The van der Waals surface area contributed by atoms with E-state index in [-0.39, 0.29) is 17.8 Å². The van der Waals surface area contributed by atoms with Gasteiger partial charge in [-0.3, -0.25) is 10.00 Å². The molecule has 3 saturated heterocycles. The lowest BCUT2D eigenvalue weighted by atomic mass is 9.73. The summed E-state index contributed by atoms with van der Waals surface area (Å²) >= 11 is 1.47. The van der Waals surface area contributed by atoms with Crippen LogP contribution in [0.2, 0.25) is 0 Å². The standard InChI is InChI=1S/C16H21N5O2S.ClH/c1-20-9-12(8-18-20)13-14(17-11-24-13)19-15(22)23-10-16-2-5-21(6-3-16)7-4-16;/h8-9,11H,2-7,10H2,1H3,(H,19,22);1H. The maximum Gasteiger partial charge on any atom is 0.412 e. The molecular formula is C16H22ClN5O2S. The molecule has 3 fully saturated rings. The molecule has 7 nitrogen and oxygen atoms in total. The van der Waals surface area contributed by atoms with Crippen molar-refractivity contribution in [2.45, 2.75) is 19.3 Å². The number of carbonyl (C=O) groups excluding carboxylic acids is 1. The molecule has 136 valence electrons. The second kappa shape index (κ2) is 7.31. The van der Waals surface area contributed by atoms with E-state index in [0.29, 0.717) is 12.4 Å². The maximum absolute atomic E-state index is 12.2. The van der Waals surface area contributed by atoms with Crippen molar-refractivity contribution in [3.8, 4) is 10.4 Å². The van der Waals surface area contributed by atoms with Crippen LogP contribution in [0.5, 0.6) is 0 Å². The van der Waals surface area contributed by atoms with Gasteiger partial charge in [-0.25, -0.2) is 9.78 Å². The number of halogens is 1. The van der Waals surface area contributed by atoms with E-state index in [4.69, 9.17) is 4.74 Å². The largest absolute Gasteiger partial charge is 0.449 e. The number of ether oxygens (including phenoxy) is 1. The number of hydrogen-bond acceptors (Lipinski definition) is 6. The molecule has 0 aromatic carbocycles. The number of nitrogens with zero attached hydrogens (tertiary/aromatic N) is 4. The number of anilines is 1. The number of fused-ring (bicyclic) bond motifs is 3. The van der Waals surface area contributed by atoms with Crippen molar-refractivity contribution >= 4 is 35.7 Å². The molecule has 0 aliphatic carbocycles. The fourth-order valence-electron chi connectivity index (χ4n) is 3.54. The molecule has 3 aliphatic rings. The van der Waals surface area contributed by atoms with E-state index in [0.717, 1.165) is 49.3 Å². The molecular weight excluding hydrogens is 362 g/mol. The summed E-state index contributed by atoms with van der Waals surface area (Å²) in [4.78, 5) is 19.8.